The van der Waals surface area contributed by atoms with Crippen LogP contribution in [-0.2, 0) is 23.7 Å². The van der Waals surface area contributed by atoms with Crippen LogP contribution in [0.2, 0.25) is 0 Å². The van der Waals surface area contributed by atoms with E-state index in [4.69, 9.17) is 18.9 Å². The summed E-state index contributed by atoms with van der Waals surface area (Å²) >= 11 is 0. The normalized spacial score (nSPS) is 11.0. The zero-order chi connectivity index (χ0) is 15.8. The average Bonchev–Trinajstić information content (AvgIpc) is 2.44. The van der Waals surface area contributed by atoms with Gasteiger partial charge in [-0.15, -0.1) is 0 Å². The lowest BCUT2D eigenvalue weighted by Crippen LogP contribution is -2.12. The SMILES string of the molecule is CCCCOC(=O)CCCOCCOCCOCC(C)C. The van der Waals surface area contributed by atoms with Gasteiger partial charge in [-0.05, 0) is 18.8 Å². The van der Waals surface area contributed by atoms with Crippen LogP contribution in [0.3, 0.4) is 0 Å². The topological polar surface area (TPSA) is 54.0 Å². The molecule has 0 radical (unpaired) electrons. The summed E-state index contributed by atoms with van der Waals surface area (Å²) in [6.07, 6.45) is 3.09. The van der Waals surface area contributed by atoms with Gasteiger partial charge in [0.15, 0.2) is 0 Å². The predicted molar refractivity (Wildman–Crippen MR) is 82.4 cm³/mol. The van der Waals surface area contributed by atoms with E-state index < -0.39 is 0 Å². The summed E-state index contributed by atoms with van der Waals surface area (Å²) in [5.41, 5.74) is 0. The molecule has 0 rings (SSSR count). The van der Waals surface area contributed by atoms with Crippen LogP contribution < -0.4 is 0 Å². The molecule has 0 saturated carbocycles. The number of carbonyl (C=O) groups excluding carboxylic acids is 1. The van der Waals surface area contributed by atoms with E-state index in [0.29, 0.717) is 58.4 Å². The molecule has 5 heteroatoms. The quantitative estimate of drug-likeness (QED) is 0.344. The standard InChI is InChI=1S/C16H32O5/c1-4-5-9-21-16(17)7-6-8-18-10-11-19-12-13-20-14-15(2)3/h15H,4-14H2,1-3H3. The molecule has 5 nitrogen and oxygen atoms in total. The summed E-state index contributed by atoms with van der Waals surface area (Å²) in [7, 11) is 0. The van der Waals surface area contributed by atoms with Gasteiger partial charge in [0.05, 0.1) is 33.0 Å². The van der Waals surface area contributed by atoms with E-state index in [1.54, 1.807) is 0 Å². The molecule has 0 aromatic rings. The Morgan fingerprint density at radius 2 is 1.48 bits per heavy atom. The Bertz CT molecular complexity index is 231. The van der Waals surface area contributed by atoms with E-state index in [-0.39, 0.29) is 5.97 Å². The molecule has 0 heterocycles. The number of unbranched alkanes of at least 4 members (excludes halogenated alkanes) is 1. The van der Waals surface area contributed by atoms with Gasteiger partial charge < -0.3 is 18.9 Å². The molecule has 0 bridgehead atoms. The van der Waals surface area contributed by atoms with Crippen molar-refractivity contribution >= 4 is 5.97 Å². The van der Waals surface area contributed by atoms with E-state index in [9.17, 15) is 4.79 Å². The number of carbonyl (C=O) groups is 1. The van der Waals surface area contributed by atoms with Crippen molar-refractivity contribution in [2.45, 2.75) is 46.5 Å². The van der Waals surface area contributed by atoms with Crippen LogP contribution in [0.1, 0.15) is 46.5 Å². The lowest BCUT2D eigenvalue weighted by Gasteiger charge is -2.08. The van der Waals surface area contributed by atoms with Crippen molar-refractivity contribution in [2.75, 3.05) is 46.2 Å². The molecule has 0 aliphatic rings. The van der Waals surface area contributed by atoms with E-state index in [1.165, 1.54) is 0 Å². The Balaban J connectivity index is 3.10. The number of hydrogen-bond acceptors (Lipinski definition) is 5. The molecular formula is C16H32O5. The first-order valence-electron chi connectivity index (χ1n) is 8.05. The van der Waals surface area contributed by atoms with Crippen LogP contribution in [0.15, 0.2) is 0 Å². The van der Waals surface area contributed by atoms with Crippen LogP contribution in [0.25, 0.3) is 0 Å². The highest BCUT2D eigenvalue weighted by Crippen LogP contribution is 1.96. The van der Waals surface area contributed by atoms with Crippen molar-refractivity contribution in [1.82, 2.24) is 0 Å². The summed E-state index contributed by atoms with van der Waals surface area (Å²) in [5, 5.41) is 0. The number of ether oxygens (including phenoxy) is 4. The fourth-order valence-corrected chi connectivity index (χ4v) is 1.48. The van der Waals surface area contributed by atoms with Crippen molar-refractivity contribution in [1.29, 1.82) is 0 Å². The number of rotatable bonds is 15. The fourth-order valence-electron chi connectivity index (χ4n) is 1.48. The number of esters is 1. The lowest BCUT2D eigenvalue weighted by atomic mass is 10.2. The smallest absolute Gasteiger partial charge is 0.305 e. The maximum Gasteiger partial charge on any atom is 0.305 e. The Morgan fingerprint density at radius 1 is 0.857 bits per heavy atom. The highest BCUT2D eigenvalue weighted by molar-refractivity contribution is 5.69. The minimum atomic E-state index is -0.134. The second-order valence-corrected chi connectivity index (χ2v) is 5.37. The van der Waals surface area contributed by atoms with Gasteiger partial charge in [0.2, 0.25) is 0 Å². The molecule has 0 aromatic heterocycles. The predicted octanol–water partition coefficient (Wildman–Crippen LogP) is 2.82. The molecule has 0 saturated heterocycles. The maximum atomic E-state index is 11.3. The molecule has 0 aliphatic carbocycles. The van der Waals surface area contributed by atoms with Crippen molar-refractivity contribution in [3.63, 3.8) is 0 Å². The summed E-state index contributed by atoms with van der Waals surface area (Å²) in [6, 6.07) is 0. The Morgan fingerprint density at radius 3 is 2.10 bits per heavy atom. The van der Waals surface area contributed by atoms with E-state index >= 15 is 0 Å². The van der Waals surface area contributed by atoms with Crippen LogP contribution in [0, 0.1) is 5.92 Å². The molecule has 0 N–H and O–H groups in total. The van der Waals surface area contributed by atoms with Crippen molar-refractivity contribution in [2.24, 2.45) is 5.92 Å². The van der Waals surface area contributed by atoms with Crippen molar-refractivity contribution in [3.05, 3.63) is 0 Å². The monoisotopic (exact) mass is 304 g/mol. The average molecular weight is 304 g/mol. The van der Waals surface area contributed by atoms with Gasteiger partial charge in [0, 0.05) is 19.6 Å². The summed E-state index contributed by atoms with van der Waals surface area (Å²) in [4.78, 5) is 11.3. The third-order valence-corrected chi connectivity index (χ3v) is 2.63. The van der Waals surface area contributed by atoms with Crippen LogP contribution in [0.4, 0.5) is 0 Å². The second-order valence-electron chi connectivity index (χ2n) is 5.37. The fraction of sp³-hybridized carbons (Fsp3) is 0.938. The summed E-state index contributed by atoms with van der Waals surface area (Å²) in [6.45, 7) is 10.5. The third-order valence-electron chi connectivity index (χ3n) is 2.63. The minimum absolute atomic E-state index is 0.134. The molecule has 0 fully saturated rings. The van der Waals surface area contributed by atoms with Gasteiger partial charge in [-0.3, -0.25) is 4.79 Å². The van der Waals surface area contributed by atoms with Gasteiger partial charge in [0.25, 0.3) is 0 Å². The van der Waals surface area contributed by atoms with Gasteiger partial charge in [-0.25, -0.2) is 0 Å². The Labute approximate surface area is 129 Å². The van der Waals surface area contributed by atoms with Crippen LogP contribution in [-0.4, -0.2) is 52.2 Å². The molecular weight excluding hydrogens is 272 g/mol. The van der Waals surface area contributed by atoms with Gasteiger partial charge >= 0.3 is 5.97 Å². The van der Waals surface area contributed by atoms with Gasteiger partial charge in [-0.1, -0.05) is 27.2 Å². The van der Waals surface area contributed by atoms with Crippen LogP contribution in [0.5, 0.6) is 0 Å². The maximum absolute atomic E-state index is 11.3. The zero-order valence-electron chi connectivity index (χ0n) is 13.9. The summed E-state index contributed by atoms with van der Waals surface area (Å²) < 4.78 is 21.2. The molecule has 0 atom stereocenters. The highest BCUT2D eigenvalue weighted by atomic mass is 16.5. The first-order valence-corrected chi connectivity index (χ1v) is 8.05. The van der Waals surface area contributed by atoms with E-state index in [0.717, 1.165) is 19.4 Å². The largest absolute Gasteiger partial charge is 0.466 e. The number of hydrogen-bond donors (Lipinski definition) is 0. The minimum Gasteiger partial charge on any atom is -0.466 e. The molecule has 0 amide bonds. The van der Waals surface area contributed by atoms with Gasteiger partial charge in [-0.2, -0.15) is 0 Å². The first-order chi connectivity index (χ1) is 10.2. The third kappa shape index (κ3) is 17.3. The lowest BCUT2D eigenvalue weighted by molar-refractivity contribution is -0.144. The van der Waals surface area contributed by atoms with E-state index in [1.807, 2.05) is 0 Å². The summed E-state index contributed by atoms with van der Waals surface area (Å²) in [5.74, 6) is 0.424. The highest BCUT2D eigenvalue weighted by Gasteiger charge is 2.01. The van der Waals surface area contributed by atoms with Crippen molar-refractivity contribution in [3.8, 4) is 0 Å². The zero-order valence-corrected chi connectivity index (χ0v) is 13.9. The van der Waals surface area contributed by atoms with Crippen LogP contribution >= 0.6 is 0 Å². The molecule has 0 spiro atoms. The van der Waals surface area contributed by atoms with E-state index in [2.05, 4.69) is 20.8 Å². The molecule has 0 aliphatic heterocycles. The molecule has 21 heavy (non-hydrogen) atoms. The Hall–Kier alpha value is -0.650. The second kappa shape index (κ2) is 15.7. The molecule has 0 unspecified atom stereocenters. The van der Waals surface area contributed by atoms with Crippen molar-refractivity contribution < 1.29 is 23.7 Å². The van der Waals surface area contributed by atoms with Gasteiger partial charge in [0.1, 0.15) is 0 Å². The molecule has 126 valence electrons. The Kier molecular flexibility index (Phi) is 15.2. The molecule has 0 aromatic carbocycles. The first kappa shape index (κ1) is 20.3.